The van der Waals surface area contributed by atoms with Crippen LogP contribution in [-0.2, 0) is 14.6 Å². The molecular weight excluding hydrogens is 408 g/mol. The van der Waals surface area contributed by atoms with Gasteiger partial charge in [-0.25, -0.2) is 13.1 Å². The van der Waals surface area contributed by atoms with E-state index < -0.39 is 9.84 Å². The molecular formula is C16H19BrN4O3S. The van der Waals surface area contributed by atoms with E-state index in [0.717, 1.165) is 15.9 Å². The van der Waals surface area contributed by atoms with E-state index in [1.54, 1.807) is 10.7 Å². The highest BCUT2D eigenvalue weighted by Gasteiger charge is 2.31. The van der Waals surface area contributed by atoms with Crippen molar-refractivity contribution in [1.29, 1.82) is 0 Å². The third-order valence-electron chi connectivity index (χ3n) is 3.98. The molecule has 2 aromatic rings. The van der Waals surface area contributed by atoms with Crippen molar-refractivity contribution in [3.05, 3.63) is 40.5 Å². The standard InChI is InChI=1S/C16H19BrN4O3S/c1-11-8-15(21(20-11)14-6-7-25(23,24)10-14)19-16(22)9-18-13-4-2-12(17)3-5-13/h2-5,8,14,18H,6-7,9-10H2,1H3,(H,19,22). The van der Waals surface area contributed by atoms with Crippen molar-refractivity contribution in [2.45, 2.75) is 19.4 Å². The maximum atomic E-state index is 12.2. The number of halogens is 1. The first-order valence-corrected chi connectivity index (χ1v) is 10.5. The molecule has 1 aromatic heterocycles. The van der Waals surface area contributed by atoms with Gasteiger partial charge in [0.1, 0.15) is 5.82 Å². The monoisotopic (exact) mass is 426 g/mol. The van der Waals surface area contributed by atoms with Gasteiger partial charge in [-0.2, -0.15) is 5.10 Å². The molecule has 0 bridgehead atoms. The number of carbonyl (C=O) groups is 1. The fourth-order valence-electron chi connectivity index (χ4n) is 2.79. The Balaban J connectivity index is 1.64. The first-order chi connectivity index (χ1) is 11.8. The number of rotatable bonds is 5. The van der Waals surface area contributed by atoms with E-state index in [1.807, 2.05) is 31.2 Å². The van der Waals surface area contributed by atoms with Crippen LogP contribution in [0, 0.1) is 6.92 Å². The van der Waals surface area contributed by atoms with Crippen LogP contribution in [0.2, 0.25) is 0 Å². The highest BCUT2D eigenvalue weighted by atomic mass is 79.9. The zero-order chi connectivity index (χ0) is 18.0. The summed E-state index contributed by atoms with van der Waals surface area (Å²) in [5.41, 5.74) is 1.57. The molecule has 134 valence electrons. The highest BCUT2D eigenvalue weighted by molar-refractivity contribution is 9.10. The van der Waals surface area contributed by atoms with Crippen LogP contribution in [0.25, 0.3) is 0 Å². The molecule has 1 aliphatic heterocycles. The molecule has 1 atom stereocenters. The Morgan fingerprint density at radius 2 is 2.08 bits per heavy atom. The lowest BCUT2D eigenvalue weighted by Crippen LogP contribution is -2.24. The minimum Gasteiger partial charge on any atom is -0.376 e. The van der Waals surface area contributed by atoms with Gasteiger partial charge >= 0.3 is 0 Å². The summed E-state index contributed by atoms with van der Waals surface area (Å²) in [6.45, 7) is 1.92. The second-order valence-corrected chi connectivity index (χ2v) is 9.23. The van der Waals surface area contributed by atoms with Gasteiger partial charge in [-0.05, 0) is 37.6 Å². The van der Waals surface area contributed by atoms with Crippen LogP contribution >= 0.6 is 15.9 Å². The maximum absolute atomic E-state index is 12.2. The zero-order valence-corrected chi connectivity index (χ0v) is 16.1. The van der Waals surface area contributed by atoms with E-state index in [1.165, 1.54) is 0 Å². The number of hydrogen-bond donors (Lipinski definition) is 2. The van der Waals surface area contributed by atoms with E-state index in [0.29, 0.717) is 12.2 Å². The number of nitrogens with zero attached hydrogens (tertiary/aromatic N) is 2. The van der Waals surface area contributed by atoms with Gasteiger partial charge in [-0.1, -0.05) is 15.9 Å². The summed E-state index contributed by atoms with van der Waals surface area (Å²) in [6.07, 6.45) is 0.517. The van der Waals surface area contributed by atoms with Crippen LogP contribution in [0.4, 0.5) is 11.5 Å². The third kappa shape index (κ3) is 4.60. The van der Waals surface area contributed by atoms with Gasteiger partial charge < -0.3 is 10.6 Å². The smallest absolute Gasteiger partial charge is 0.244 e. The highest BCUT2D eigenvalue weighted by Crippen LogP contribution is 2.27. The molecule has 1 aliphatic rings. The van der Waals surface area contributed by atoms with Gasteiger partial charge in [0.25, 0.3) is 0 Å². The fraction of sp³-hybridized carbons (Fsp3) is 0.375. The largest absolute Gasteiger partial charge is 0.376 e. The van der Waals surface area contributed by atoms with Crippen LogP contribution in [0.15, 0.2) is 34.8 Å². The second kappa shape index (κ2) is 7.17. The summed E-state index contributed by atoms with van der Waals surface area (Å²) in [5.74, 6) is 0.538. The molecule has 7 nitrogen and oxygen atoms in total. The lowest BCUT2D eigenvalue weighted by Gasteiger charge is -2.14. The van der Waals surface area contributed by atoms with E-state index in [4.69, 9.17) is 0 Å². The van der Waals surface area contributed by atoms with Crippen LogP contribution in [0.3, 0.4) is 0 Å². The predicted octanol–water partition coefficient (Wildman–Crippen LogP) is 2.36. The van der Waals surface area contributed by atoms with Gasteiger partial charge in [0.05, 0.1) is 29.8 Å². The Bertz CT molecular complexity index is 877. The van der Waals surface area contributed by atoms with Crippen molar-refractivity contribution < 1.29 is 13.2 Å². The molecule has 9 heteroatoms. The van der Waals surface area contributed by atoms with Crippen molar-refractivity contribution in [3.63, 3.8) is 0 Å². The minimum atomic E-state index is -3.02. The van der Waals surface area contributed by atoms with Crippen LogP contribution < -0.4 is 10.6 Å². The number of carbonyl (C=O) groups excluding carboxylic acids is 1. The summed E-state index contributed by atoms with van der Waals surface area (Å²) < 4.78 is 26.0. The van der Waals surface area contributed by atoms with Gasteiger partial charge in [0.15, 0.2) is 9.84 Å². The lowest BCUT2D eigenvalue weighted by atomic mass is 10.3. The van der Waals surface area contributed by atoms with E-state index >= 15 is 0 Å². The first-order valence-electron chi connectivity index (χ1n) is 7.88. The number of anilines is 2. The van der Waals surface area contributed by atoms with Gasteiger partial charge in [0, 0.05) is 16.2 Å². The number of amides is 1. The molecule has 1 fully saturated rings. The van der Waals surface area contributed by atoms with Crippen LogP contribution in [-0.4, -0.2) is 42.2 Å². The number of aryl methyl sites for hydroxylation is 1. The first kappa shape index (κ1) is 17.9. The Hall–Kier alpha value is -1.87. The Morgan fingerprint density at radius 1 is 1.36 bits per heavy atom. The molecule has 1 amide bonds. The van der Waals surface area contributed by atoms with Crippen molar-refractivity contribution in [2.24, 2.45) is 0 Å². The molecule has 0 radical (unpaired) electrons. The molecule has 0 spiro atoms. The van der Waals surface area contributed by atoms with Crippen molar-refractivity contribution in [3.8, 4) is 0 Å². The molecule has 0 saturated carbocycles. The van der Waals surface area contributed by atoms with Crippen LogP contribution in [0.1, 0.15) is 18.2 Å². The van der Waals surface area contributed by atoms with Crippen molar-refractivity contribution >= 4 is 43.2 Å². The lowest BCUT2D eigenvalue weighted by molar-refractivity contribution is -0.114. The van der Waals surface area contributed by atoms with Gasteiger partial charge in [-0.15, -0.1) is 0 Å². The predicted molar refractivity (Wildman–Crippen MR) is 101 cm³/mol. The molecule has 1 aromatic carbocycles. The average molecular weight is 427 g/mol. The summed E-state index contributed by atoms with van der Waals surface area (Å²) >= 11 is 3.36. The third-order valence-corrected chi connectivity index (χ3v) is 6.26. The molecule has 3 rings (SSSR count). The SMILES string of the molecule is Cc1cc(NC(=O)CNc2ccc(Br)cc2)n(C2CCS(=O)(=O)C2)n1. The van der Waals surface area contributed by atoms with Gasteiger partial charge in [-0.3, -0.25) is 4.79 Å². The summed E-state index contributed by atoms with van der Waals surface area (Å²) in [6, 6.07) is 9.04. The molecule has 1 saturated heterocycles. The molecule has 0 aliphatic carbocycles. The topological polar surface area (TPSA) is 93.1 Å². The van der Waals surface area contributed by atoms with E-state index in [9.17, 15) is 13.2 Å². The number of nitrogens with one attached hydrogen (secondary N) is 2. The number of hydrogen-bond acceptors (Lipinski definition) is 5. The quantitative estimate of drug-likeness (QED) is 0.765. The zero-order valence-electron chi connectivity index (χ0n) is 13.7. The Kier molecular flexibility index (Phi) is 5.14. The molecule has 1 unspecified atom stereocenters. The second-order valence-electron chi connectivity index (χ2n) is 6.08. The summed E-state index contributed by atoms with van der Waals surface area (Å²) in [5, 5.41) is 10.2. The molecule has 25 heavy (non-hydrogen) atoms. The minimum absolute atomic E-state index is 0.0636. The average Bonchev–Trinajstić information content (AvgIpc) is 3.08. The number of benzene rings is 1. The maximum Gasteiger partial charge on any atom is 0.244 e. The normalized spacial score (nSPS) is 18.9. The molecule has 2 heterocycles. The molecule has 2 N–H and O–H groups in total. The van der Waals surface area contributed by atoms with Crippen LogP contribution in [0.5, 0.6) is 0 Å². The van der Waals surface area contributed by atoms with Crippen molar-refractivity contribution in [1.82, 2.24) is 9.78 Å². The van der Waals surface area contributed by atoms with Gasteiger partial charge in [0.2, 0.25) is 5.91 Å². The fourth-order valence-corrected chi connectivity index (χ4v) is 4.75. The van der Waals surface area contributed by atoms with Crippen molar-refractivity contribution in [2.75, 3.05) is 28.7 Å². The number of aromatic nitrogens is 2. The number of sulfone groups is 1. The van der Waals surface area contributed by atoms with E-state index in [-0.39, 0.29) is 30.0 Å². The summed E-state index contributed by atoms with van der Waals surface area (Å²) in [4.78, 5) is 12.2. The Labute approximate surface area is 154 Å². The summed E-state index contributed by atoms with van der Waals surface area (Å²) in [7, 11) is -3.02. The van der Waals surface area contributed by atoms with E-state index in [2.05, 4.69) is 31.7 Å². The Morgan fingerprint density at radius 3 is 2.72 bits per heavy atom.